The van der Waals surface area contributed by atoms with Crippen LogP contribution in [0.5, 0.6) is 0 Å². The molecular weight excluding hydrogens is 805 g/mol. The van der Waals surface area contributed by atoms with Crippen molar-refractivity contribution in [3.8, 4) is 0 Å². The Balaban J connectivity index is 0. The number of nitrogens with one attached hydrogen (secondary N) is 3. The number of ether oxygens (including phenoxy) is 4. The maximum Gasteiger partial charge on any atom is 0.250 e. The first-order chi connectivity index (χ1) is 28.8. The predicted octanol–water partition coefficient (Wildman–Crippen LogP) is 3.71. The molecule has 0 saturated carbocycles. The highest BCUT2D eigenvalue weighted by Crippen LogP contribution is 2.31. The summed E-state index contributed by atoms with van der Waals surface area (Å²) in [5.74, 6) is -4.89. The number of rotatable bonds is 30. The average Bonchev–Trinajstić information content (AvgIpc) is 3.16. The maximum absolute atomic E-state index is 13.3. The number of hydroxylamine groups is 4. The van der Waals surface area contributed by atoms with E-state index in [4.69, 9.17) is 24.7 Å². The number of hydrogen-bond donors (Lipinski definition) is 6. The highest BCUT2D eigenvalue weighted by Gasteiger charge is 2.43. The minimum atomic E-state index is -1.14. The van der Waals surface area contributed by atoms with E-state index in [0.29, 0.717) is 75.4 Å². The van der Waals surface area contributed by atoms with Crippen molar-refractivity contribution in [1.82, 2.24) is 26.1 Å². The number of carbonyl (C=O) groups excluding carboxylic acids is 6. The van der Waals surface area contributed by atoms with E-state index >= 15 is 0 Å². The van der Waals surface area contributed by atoms with Crippen molar-refractivity contribution in [2.24, 2.45) is 46.2 Å². The number of primary amides is 1. The summed E-state index contributed by atoms with van der Waals surface area (Å²) in [5.41, 5.74) is 4.29. The maximum atomic E-state index is 13.3. The molecule has 0 aliphatic carbocycles. The van der Waals surface area contributed by atoms with Crippen LogP contribution in [-0.4, -0.2) is 142 Å². The molecule has 5 atom stereocenters. The summed E-state index contributed by atoms with van der Waals surface area (Å²) >= 11 is 0. The van der Waals surface area contributed by atoms with E-state index in [1.807, 2.05) is 55.4 Å². The van der Waals surface area contributed by atoms with Crippen molar-refractivity contribution in [1.29, 1.82) is 0 Å². The Morgan fingerprint density at radius 3 is 1.63 bits per heavy atom. The Bertz CT molecular complexity index is 1330. The van der Waals surface area contributed by atoms with Gasteiger partial charge in [0.05, 0.1) is 52.1 Å². The Kier molecular flexibility index (Phi) is 31.2. The molecule has 0 aliphatic heterocycles. The second kappa shape index (κ2) is 32.0. The molecule has 7 N–H and O–H groups in total. The Labute approximate surface area is 371 Å². The second-order valence-corrected chi connectivity index (χ2v) is 18.4. The van der Waals surface area contributed by atoms with E-state index in [-0.39, 0.29) is 49.8 Å². The molecule has 0 rings (SSSR count). The first kappa shape index (κ1) is 60.4. The molecule has 0 aromatic rings. The number of hydrogen-bond acceptors (Lipinski definition) is 12. The third-order valence-corrected chi connectivity index (χ3v) is 9.54. The fourth-order valence-corrected chi connectivity index (χ4v) is 6.47. The number of amides is 6. The lowest BCUT2D eigenvalue weighted by Gasteiger charge is -2.37. The van der Waals surface area contributed by atoms with Gasteiger partial charge >= 0.3 is 0 Å². The SMILES string of the molecule is C=CCN(O)C(=O)C[C@@H](CC(C)C)C(=O)N[C@H](C(=O)NCCOCCOC)C(C)(C)C.CCCC(C(N)=O)[C@H](CC(C)C)C(=O)N(O)[C@H](C(=O)NCCOCCOC)C(C)(C)C. The van der Waals surface area contributed by atoms with E-state index < -0.39 is 64.3 Å². The van der Waals surface area contributed by atoms with Crippen LogP contribution in [-0.2, 0) is 47.7 Å². The van der Waals surface area contributed by atoms with Gasteiger partial charge in [-0.25, -0.2) is 10.1 Å². The summed E-state index contributed by atoms with van der Waals surface area (Å²) in [6.07, 6.45) is 3.19. The molecule has 6 amide bonds. The monoisotopic (exact) mass is 889 g/mol. The van der Waals surface area contributed by atoms with Gasteiger partial charge in [-0.2, -0.15) is 0 Å². The molecule has 0 bridgehead atoms. The van der Waals surface area contributed by atoms with E-state index in [2.05, 4.69) is 22.5 Å². The molecule has 0 heterocycles. The Hall–Kier alpha value is -3.68. The Morgan fingerprint density at radius 1 is 0.726 bits per heavy atom. The quantitative estimate of drug-likeness (QED) is 0.0262. The Morgan fingerprint density at radius 2 is 1.23 bits per heavy atom. The standard InChI is InChI=1S/C22H41N3O6.C22H43N3O6/c1-8-10-25(29)18(26)15-17(14-16(2)3)20(27)24-19(22(4,5)6)21(28)23-9-11-31-13-12-30-7;1-8-9-16(19(23)26)17(14-15(2)3)21(28)25(29)18(22(4,5)6)20(27)24-10-11-31-13-12-30-7/h8,16-17,19,29H,1,9-15H2,2-7H3,(H,23,28)(H,24,27);15-18,29H,8-14H2,1-7H3,(H2,23,26)(H,24,27)/t17-,19-;16?,17-,18+/m10/s1. The van der Waals surface area contributed by atoms with Crippen LogP contribution < -0.4 is 21.7 Å². The third kappa shape index (κ3) is 25.4. The summed E-state index contributed by atoms with van der Waals surface area (Å²) < 4.78 is 20.5. The lowest BCUT2D eigenvalue weighted by Crippen LogP contribution is -2.57. The zero-order chi connectivity index (χ0) is 48.2. The molecule has 0 fully saturated rings. The molecule has 62 heavy (non-hydrogen) atoms. The predicted molar refractivity (Wildman–Crippen MR) is 236 cm³/mol. The molecule has 0 aromatic carbocycles. The van der Waals surface area contributed by atoms with Crippen LogP contribution in [0, 0.1) is 40.4 Å². The molecule has 0 saturated heterocycles. The molecule has 18 heteroatoms. The van der Waals surface area contributed by atoms with Gasteiger partial charge < -0.3 is 40.6 Å². The number of carbonyl (C=O) groups is 6. The average molecular weight is 889 g/mol. The molecule has 0 aliphatic rings. The molecule has 0 spiro atoms. The molecule has 362 valence electrons. The first-order valence-corrected chi connectivity index (χ1v) is 21.7. The van der Waals surface area contributed by atoms with Crippen LogP contribution in [0.2, 0.25) is 0 Å². The van der Waals surface area contributed by atoms with E-state index in [9.17, 15) is 39.2 Å². The lowest BCUT2D eigenvalue weighted by atomic mass is 9.80. The highest BCUT2D eigenvalue weighted by molar-refractivity contribution is 5.92. The van der Waals surface area contributed by atoms with E-state index in [1.54, 1.807) is 35.0 Å². The highest BCUT2D eigenvalue weighted by atomic mass is 16.5. The van der Waals surface area contributed by atoms with Crippen LogP contribution in [0.25, 0.3) is 0 Å². The summed E-state index contributed by atoms with van der Waals surface area (Å²) in [4.78, 5) is 76.2. The van der Waals surface area contributed by atoms with Crippen LogP contribution in [0.1, 0.15) is 108 Å². The fourth-order valence-electron chi connectivity index (χ4n) is 6.47. The van der Waals surface area contributed by atoms with Gasteiger partial charge in [-0.05, 0) is 41.9 Å². The van der Waals surface area contributed by atoms with Gasteiger partial charge in [0, 0.05) is 45.6 Å². The molecule has 0 radical (unpaired) electrons. The summed E-state index contributed by atoms with van der Waals surface area (Å²) in [7, 11) is 3.15. The number of methoxy groups -OCH3 is 2. The van der Waals surface area contributed by atoms with Crippen LogP contribution in [0.3, 0.4) is 0 Å². The molecule has 1 unspecified atom stereocenters. The van der Waals surface area contributed by atoms with Crippen LogP contribution >= 0.6 is 0 Å². The van der Waals surface area contributed by atoms with Gasteiger partial charge in [-0.1, -0.05) is 88.7 Å². The van der Waals surface area contributed by atoms with Crippen molar-refractivity contribution in [3.05, 3.63) is 12.7 Å². The normalized spacial score (nSPS) is 14.1. The minimum absolute atomic E-state index is 0.0195. The van der Waals surface area contributed by atoms with Crippen molar-refractivity contribution >= 4 is 35.4 Å². The van der Waals surface area contributed by atoms with Gasteiger partial charge in [-0.15, -0.1) is 6.58 Å². The van der Waals surface area contributed by atoms with Gasteiger partial charge in [0.2, 0.25) is 29.5 Å². The largest absolute Gasteiger partial charge is 0.382 e. The van der Waals surface area contributed by atoms with E-state index in [1.165, 1.54) is 6.08 Å². The van der Waals surface area contributed by atoms with E-state index in [0.717, 1.165) is 0 Å². The van der Waals surface area contributed by atoms with Gasteiger partial charge in [-0.3, -0.25) is 39.2 Å². The summed E-state index contributed by atoms with van der Waals surface area (Å²) in [6, 6.07) is -1.93. The van der Waals surface area contributed by atoms with Crippen molar-refractivity contribution in [3.63, 3.8) is 0 Å². The van der Waals surface area contributed by atoms with Crippen molar-refractivity contribution in [2.75, 3.05) is 73.5 Å². The zero-order valence-corrected chi connectivity index (χ0v) is 40.2. The van der Waals surface area contributed by atoms with Crippen molar-refractivity contribution < 1.29 is 58.1 Å². The summed E-state index contributed by atoms with van der Waals surface area (Å²) in [5, 5.41) is 30.0. The van der Waals surface area contributed by atoms with Crippen molar-refractivity contribution in [2.45, 2.75) is 120 Å². The number of nitrogens with two attached hydrogens (primary N) is 1. The van der Waals surface area contributed by atoms with Crippen LogP contribution in [0.15, 0.2) is 12.7 Å². The second-order valence-electron chi connectivity index (χ2n) is 18.4. The zero-order valence-electron chi connectivity index (χ0n) is 40.2. The molecular formula is C44H84N6O12. The molecule has 18 nitrogen and oxygen atoms in total. The van der Waals surface area contributed by atoms with Crippen LogP contribution in [0.4, 0.5) is 0 Å². The summed E-state index contributed by atoms with van der Waals surface area (Å²) in [6.45, 7) is 26.9. The topological polar surface area (TPSA) is 248 Å². The minimum Gasteiger partial charge on any atom is -0.382 e. The fraction of sp³-hybridized carbons (Fsp3) is 0.818. The first-order valence-electron chi connectivity index (χ1n) is 21.7. The number of nitrogens with zero attached hydrogens (tertiary/aromatic N) is 2. The lowest BCUT2D eigenvalue weighted by molar-refractivity contribution is -0.195. The smallest absolute Gasteiger partial charge is 0.250 e. The van der Waals surface area contributed by atoms with Gasteiger partial charge in [0.1, 0.15) is 12.1 Å². The van der Waals surface area contributed by atoms with Gasteiger partial charge in [0.15, 0.2) is 0 Å². The van der Waals surface area contributed by atoms with Gasteiger partial charge in [0.25, 0.3) is 5.91 Å². The third-order valence-electron chi connectivity index (χ3n) is 9.54. The molecule has 0 aromatic heterocycles.